The zero-order valence-corrected chi connectivity index (χ0v) is 9.17. The van der Waals surface area contributed by atoms with Gasteiger partial charge in [0.05, 0.1) is 5.71 Å². The van der Waals surface area contributed by atoms with Crippen molar-refractivity contribution < 1.29 is 4.84 Å². The van der Waals surface area contributed by atoms with Crippen LogP contribution in [0.25, 0.3) is 0 Å². The minimum atomic E-state index is 0.358. The van der Waals surface area contributed by atoms with E-state index >= 15 is 0 Å². The molecule has 0 fully saturated rings. The second-order valence-corrected chi connectivity index (χ2v) is 3.23. The van der Waals surface area contributed by atoms with Gasteiger partial charge >= 0.3 is 0 Å². The monoisotopic (exact) mass is 213 g/mol. The minimum Gasteiger partial charge on any atom is -0.336 e. The van der Waals surface area contributed by atoms with Crippen LogP contribution in [0.1, 0.15) is 26.1 Å². The van der Waals surface area contributed by atoms with Gasteiger partial charge in [0.15, 0.2) is 0 Å². The van der Waals surface area contributed by atoms with Crippen LogP contribution in [0.3, 0.4) is 0 Å². The van der Waals surface area contributed by atoms with Crippen LogP contribution < -0.4 is 4.84 Å². The van der Waals surface area contributed by atoms with Crippen LogP contribution in [-0.4, -0.2) is 15.7 Å². The van der Waals surface area contributed by atoms with Crippen molar-refractivity contribution >= 4 is 17.3 Å². The van der Waals surface area contributed by atoms with Gasteiger partial charge in [0, 0.05) is 6.07 Å². The molecule has 1 rings (SSSR count). The van der Waals surface area contributed by atoms with Crippen LogP contribution >= 0.6 is 11.6 Å². The van der Waals surface area contributed by atoms with E-state index < -0.39 is 0 Å². The van der Waals surface area contributed by atoms with Crippen LogP contribution in [0.4, 0.5) is 0 Å². The highest BCUT2D eigenvalue weighted by atomic mass is 35.5. The number of oxime groups is 1. The second kappa shape index (κ2) is 4.91. The fourth-order valence-electron chi connectivity index (χ4n) is 0.741. The highest BCUT2D eigenvalue weighted by molar-refractivity contribution is 6.29. The Labute approximate surface area is 88.0 Å². The fourth-order valence-corrected chi connectivity index (χ4v) is 0.957. The molecule has 0 atom stereocenters. The summed E-state index contributed by atoms with van der Waals surface area (Å²) >= 11 is 5.72. The summed E-state index contributed by atoms with van der Waals surface area (Å²) in [6.45, 7) is 5.63. The smallest absolute Gasteiger partial charge is 0.253 e. The molecule has 1 aromatic rings. The molecule has 1 heterocycles. The van der Waals surface area contributed by atoms with Gasteiger partial charge in [-0.2, -0.15) is 4.98 Å². The first kappa shape index (κ1) is 10.9. The molecule has 1 aromatic heterocycles. The summed E-state index contributed by atoms with van der Waals surface area (Å²) in [5.74, 6) is 0.937. The Morgan fingerprint density at radius 3 is 2.86 bits per heavy atom. The number of hydrogen-bond donors (Lipinski definition) is 0. The van der Waals surface area contributed by atoms with Crippen molar-refractivity contribution in [2.75, 3.05) is 0 Å². The Morgan fingerprint density at radius 2 is 2.29 bits per heavy atom. The molecule has 14 heavy (non-hydrogen) atoms. The zero-order chi connectivity index (χ0) is 10.6. The lowest BCUT2D eigenvalue weighted by atomic mass is 10.3. The van der Waals surface area contributed by atoms with Gasteiger partial charge in [-0.05, 0) is 20.3 Å². The first-order chi connectivity index (χ1) is 6.61. The molecule has 0 amide bonds. The third-order valence-electron chi connectivity index (χ3n) is 1.59. The second-order valence-electron chi connectivity index (χ2n) is 2.85. The number of nitrogens with zero attached hydrogens (tertiary/aromatic N) is 3. The van der Waals surface area contributed by atoms with E-state index in [2.05, 4.69) is 15.1 Å². The van der Waals surface area contributed by atoms with Gasteiger partial charge < -0.3 is 4.84 Å². The van der Waals surface area contributed by atoms with Crippen LogP contribution in [0.2, 0.25) is 5.15 Å². The summed E-state index contributed by atoms with van der Waals surface area (Å²) in [6, 6.07) is 1.53. The van der Waals surface area contributed by atoms with E-state index in [0.717, 1.165) is 12.1 Å². The molecule has 0 aliphatic heterocycles. The number of rotatable bonds is 3. The Bertz CT molecular complexity index is 332. The third-order valence-corrected chi connectivity index (χ3v) is 1.78. The lowest BCUT2D eigenvalue weighted by Crippen LogP contribution is -1.96. The van der Waals surface area contributed by atoms with Crippen molar-refractivity contribution in [1.29, 1.82) is 0 Å². The van der Waals surface area contributed by atoms with Gasteiger partial charge in [0.25, 0.3) is 5.88 Å². The first-order valence-electron chi connectivity index (χ1n) is 4.33. The molecular weight excluding hydrogens is 202 g/mol. The van der Waals surface area contributed by atoms with Gasteiger partial charge in [-0.1, -0.05) is 23.7 Å². The van der Waals surface area contributed by atoms with Crippen molar-refractivity contribution in [3.8, 4) is 5.88 Å². The number of aryl methyl sites for hydroxylation is 1. The van der Waals surface area contributed by atoms with Crippen molar-refractivity contribution in [3.63, 3.8) is 0 Å². The molecule has 0 N–H and O–H groups in total. The molecule has 0 aromatic carbocycles. The fraction of sp³-hybridized carbons (Fsp3) is 0.444. The largest absolute Gasteiger partial charge is 0.336 e. The van der Waals surface area contributed by atoms with Gasteiger partial charge in [0.1, 0.15) is 11.0 Å². The molecule has 5 heteroatoms. The summed E-state index contributed by atoms with van der Waals surface area (Å²) in [4.78, 5) is 13.0. The lowest BCUT2D eigenvalue weighted by molar-refractivity contribution is 0.324. The molecular formula is C9H12ClN3O. The minimum absolute atomic E-state index is 0.358. The predicted octanol–water partition coefficient (Wildman–Crippen LogP) is 2.60. The van der Waals surface area contributed by atoms with E-state index in [1.807, 2.05) is 13.8 Å². The molecule has 0 saturated heterocycles. The maximum atomic E-state index is 5.72. The third kappa shape index (κ3) is 3.30. The predicted molar refractivity (Wildman–Crippen MR) is 55.8 cm³/mol. The summed E-state index contributed by atoms with van der Waals surface area (Å²) in [5, 5.41) is 4.22. The molecule has 0 bridgehead atoms. The average Bonchev–Trinajstić information content (AvgIpc) is 2.12. The van der Waals surface area contributed by atoms with Crippen LogP contribution in [0, 0.1) is 6.92 Å². The van der Waals surface area contributed by atoms with Gasteiger partial charge in [-0.3, -0.25) is 0 Å². The van der Waals surface area contributed by atoms with Gasteiger partial charge in [-0.15, -0.1) is 0 Å². The van der Waals surface area contributed by atoms with Crippen molar-refractivity contribution in [1.82, 2.24) is 9.97 Å². The first-order valence-corrected chi connectivity index (χ1v) is 4.71. The van der Waals surface area contributed by atoms with Crippen LogP contribution in [-0.2, 0) is 0 Å². The van der Waals surface area contributed by atoms with Crippen LogP contribution in [0.15, 0.2) is 11.2 Å². The number of halogens is 1. The zero-order valence-electron chi connectivity index (χ0n) is 8.41. The van der Waals surface area contributed by atoms with Crippen molar-refractivity contribution in [3.05, 3.63) is 17.0 Å². The Balaban J connectivity index is 2.77. The van der Waals surface area contributed by atoms with Crippen molar-refractivity contribution in [2.24, 2.45) is 5.16 Å². The van der Waals surface area contributed by atoms with E-state index in [1.165, 1.54) is 6.07 Å². The summed E-state index contributed by atoms with van der Waals surface area (Å²) in [7, 11) is 0. The molecule has 0 spiro atoms. The summed E-state index contributed by atoms with van der Waals surface area (Å²) < 4.78 is 0. The Morgan fingerprint density at radius 1 is 1.57 bits per heavy atom. The van der Waals surface area contributed by atoms with Crippen molar-refractivity contribution in [2.45, 2.75) is 27.2 Å². The molecule has 0 aliphatic carbocycles. The van der Waals surface area contributed by atoms with E-state index in [0.29, 0.717) is 16.9 Å². The van der Waals surface area contributed by atoms with Gasteiger partial charge in [0.2, 0.25) is 0 Å². The quantitative estimate of drug-likeness (QED) is 0.441. The SMILES string of the molecule is CC/C(C)=N\Oc1cc(Cl)nc(C)n1. The number of hydrogen-bond acceptors (Lipinski definition) is 4. The summed E-state index contributed by atoms with van der Waals surface area (Å²) in [5.41, 5.74) is 0.900. The average molecular weight is 214 g/mol. The standard InChI is InChI=1S/C9H12ClN3O/c1-4-6(2)13-14-9-5-8(10)11-7(3)12-9/h5H,4H2,1-3H3/b13-6-. The normalized spacial score (nSPS) is 11.6. The number of aromatic nitrogens is 2. The van der Waals surface area contributed by atoms with E-state index in [-0.39, 0.29) is 0 Å². The molecule has 0 aliphatic rings. The maximum absolute atomic E-state index is 5.72. The summed E-state index contributed by atoms with van der Waals surface area (Å²) in [6.07, 6.45) is 0.845. The highest BCUT2D eigenvalue weighted by Gasteiger charge is 2.00. The van der Waals surface area contributed by atoms with E-state index in [4.69, 9.17) is 16.4 Å². The van der Waals surface area contributed by atoms with Crippen LogP contribution in [0.5, 0.6) is 5.88 Å². The highest BCUT2D eigenvalue weighted by Crippen LogP contribution is 2.13. The van der Waals surface area contributed by atoms with Gasteiger partial charge in [-0.25, -0.2) is 4.98 Å². The lowest BCUT2D eigenvalue weighted by Gasteiger charge is -2.00. The molecule has 0 saturated carbocycles. The Hall–Kier alpha value is -1.16. The Kier molecular flexibility index (Phi) is 3.83. The van der Waals surface area contributed by atoms with E-state index in [1.54, 1.807) is 6.92 Å². The topological polar surface area (TPSA) is 47.4 Å². The molecule has 76 valence electrons. The molecule has 4 nitrogen and oxygen atoms in total. The molecule has 0 unspecified atom stereocenters. The molecule has 0 radical (unpaired) electrons. The van der Waals surface area contributed by atoms with E-state index in [9.17, 15) is 0 Å². The maximum Gasteiger partial charge on any atom is 0.253 e.